The molecule has 1 rings (SSSR count). The zero-order chi connectivity index (χ0) is 15.5. The first-order chi connectivity index (χ1) is 10.1. The van der Waals surface area contributed by atoms with Gasteiger partial charge in [0.15, 0.2) is 0 Å². The number of aryl methyl sites for hydroxylation is 1. The molecule has 0 saturated carbocycles. The standard InChI is InChI=1S/C16H20N2O3/c1-2-3-7-12-17-16(21)18-14(15(19)20)11-10-13-8-5-4-6-9-13/h4-6,8-9,14H,7,10-12H2,1H3,(H,19,20)(H2,17,18,21). The molecular weight excluding hydrogens is 268 g/mol. The monoisotopic (exact) mass is 288 g/mol. The topological polar surface area (TPSA) is 78.4 Å². The summed E-state index contributed by atoms with van der Waals surface area (Å²) < 4.78 is 0. The minimum absolute atomic E-state index is 0.349. The van der Waals surface area contributed by atoms with Gasteiger partial charge in [-0.3, -0.25) is 0 Å². The molecule has 0 bridgehead atoms. The van der Waals surface area contributed by atoms with Crippen LogP contribution in [0.3, 0.4) is 0 Å². The first kappa shape index (κ1) is 16.6. The summed E-state index contributed by atoms with van der Waals surface area (Å²) in [6, 6.07) is 8.20. The molecule has 0 fully saturated rings. The van der Waals surface area contributed by atoms with Gasteiger partial charge in [0.25, 0.3) is 0 Å². The first-order valence-electron chi connectivity index (χ1n) is 6.84. The lowest BCUT2D eigenvalue weighted by molar-refractivity contribution is -0.139. The fourth-order valence-corrected chi connectivity index (χ4v) is 1.79. The Balaban J connectivity index is 2.40. The highest BCUT2D eigenvalue weighted by Crippen LogP contribution is 2.05. The van der Waals surface area contributed by atoms with Gasteiger partial charge in [0, 0.05) is 13.0 Å². The molecule has 0 heterocycles. The van der Waals surface area contributed by atoms with Crippen LogP contribution in [-0.2, 0) is 11.2 Å². The summed E-state index contributed by atoms with van der Waals surface area (Å²) in [6.07, 6.45) is 1.49. The number of carboxylic acid groups (broad SMARTS) is 1. The van der Waals surface area contributed by atoms with Crippen molar-refractivity contribution in [3.8, 4) is 11.8 Å². The second-order valence-electron chi connectivity index (χ2n) is 4.49. The zero-order valence-electron chi connectivity index (χ0n) is 12.1. The first-order valence-corrected chi connectivity index (χ1v) is 6.84. The Morgan fingerprint density at radius 3 is 2.62 bits per heavy atom. The minimum atomic E-state index is -1.03. The van der Waals surface area contributed by atoms with E-state index in [0.717, 1.165) is 5.56 Å². The number of hydrogen-bond acceptors (Lipinski definition) is 2. The Morgan fingerprint density at radius 1 is 1.29 bits per heavy atom. The molecule has 1 aromatic carbocycles. The third-order valence-corrected chi connectivity index (χ3v) is 2.88. The number of aliphatic carboxylic acids is 1. The molecule has 3 N–H and O–H groups in total. The smallest absolute Gasteiger partial charge is 0.326 e. The largest absolute Gasteiger partial charge is 0.480 e. The lowest BCUT2D eigenvalue weighted by atomic mass is 10.1. The van der Waals surface area contributed by atoms with E-state index in [4.69, 9.17) is 5.11 Å². The number of nitrogens with one attached hydrogen (secondary N) is 2. The molecule has 0 aliphatic heterocycles. The van der Waals surface area contributed by atoms with Crippen molar-refractivity contribution in [2.75, 3.05) is 6.54 Å². The van der Waals surface area contributed by atoms with E-state index in [1.807, 2.05) is 30.3 Å². The summed E-state index contributed by atoms with van der Waals surface area (Å²) >= 11 is 0. The highest BCUT2D eigenvalue weighted by Gasteiger charge is 2.19. The van der Waals surface area contributed by atoms with Crippen molar-refractivity contribution in [2.45, 2.75) is 32.2 Å². The van der Waals surface area contributed by atoms with E-state index in [9.17, 15) is 9.59 Å². The van der Waals surface area contributed by atoms with Gasteiger partial charge in [0.1, 0.15) is 6.04 Å². The normalized spacial score (nSPS) is 10.9. The van der Waals surface area contributed by atoms with Crippen LogP contribution in [0.1, 0.15) is 25.3 Å². The maximum absolute atomic E-state index is 11.6. The molecule has 2 amide bonds. The molecule has 0 saturated heterocycles. The highest BCUT2D eigenvalue weighted by molar-refractivity contribution is 5.82. The van der Waals surface area contributed by atoms with Crippen LogP contribution in [-0.4, -0.2) is 29.7 Å². The molecule has 21 heavy (non-hydrogen) atoms. The van der Waals surface area contributed by atoms with Crippen LogP contribution in [0.4, 0.5) is 4.79 Å². The Morgan fingerprint density at radius 2 is 2.00 bits per heavy atom. The zero-order valence-corrected chi connectivity index (χ0v) is 12.1. The predicted molar refractivity (Wildman–Crippen MR) is 80.8 cm³/mol. The van der Waals surface area contributed by atoms with Gasteiger partial charge in [-0.15, -0.1) is 11.8 Å². The molecule has 0 spiro atoms. The van der Waals surface area contributed by atoms with Crippen LogP contribution in [0.25, 0.3) is 0 Å². The van der Waals surface area contributed by atoms with Gasteiger partial charge in [0.2, 0.25) is 0 Å². The summed E-state index contributed by atoms with van der Waals surface area (Å²) in [5.74, 6) is 4.51. The van der Waals surface area contributed by atoms with Gasteiger partial charge in [-0.25, -0.2) is 9.59 Å². The highest BCUT2D eigenvalue weighted by atomic mass is 16.4. The minimum Gasteiger partial charge on any atom is -0.480 e. The van der Waals surface area contributed by atoms with Gasteiger partial charge in [-0.2, -0.15) is 0 Å². The van der Waals surface area contributed by atoms with E-state index in [-0.39, 0.29) is 0 Å². The fourth-order valence-electron chi connectivity index (χ4n) is 1.79. The number of amides is 2. The van der Waals surface area contributed by atoms with Crippen molar-refractivity contribution in [3.63, 3.8) is 0 Å². The number of carboxylic acids is 1. The third-order valence-electron chi connectivity index (χ3n) is 2.88. The van der Waals surface area contributed by atoms with Crippen LogP contribution in [0.5, 0.6) is 0 Å². The molecule has 5 nitrogen and oxygen atoms in total. The summed E-state index contributed by atoms with van der Waals surface area (Å²) in [6.45, 7) is 2.13. The van der Waals surface area contributed by atoms with E-state index < -0.39 is 18.0 Å². The van der Waals surface area contributed by atoms with Gasteiger partial charge in [-0.05, 0) is 25.3 Å². The average Bonchev–Trinajstić information content (AvgIpc) is 2.48. The Labute approximate surface area is 124 Å². The average molecular weight is 288 g/mol. The molecule has 5 heteroatoms. The van der Waals surface area contributed by atoms with E-state index in [2.05, 4.69) is 22.5 Å². The van der Waals surface area contributed by atoms with Crippen molar-refractivity contribution in [1.29, 1.82) is 0 Å². The molecule has 1 atom stereocenters. The maximum Gasteiger partial charge on any atom is 0.326 e. The molecule has 1 aromatic rings. The fraction of sp³-hybridized carbons (Fsp3) is 0.375. The van der Waals surface area contributed by atoms with Gasteiger partial charge in [-0.1, -0.05) is 30.3 Å². The van der Waals surface area contributed by atoms with Crippen LogP contribution in [0.2, 0.25) is 0 Å². The van der Waals surface area contributed by atoms with Gasteiger partial charge < -0.3 is 15.7 Å². The van der Waals surface area contributed by atoms with Gasteiger partial charge >= 0.3 is 12.0 Å². The predicted octanol–water partition coefficient (Wildman–Crippen LogP) is 1.78. The van der Waals surface area contributed by atoms with Crippen molar-refractivity contribution >= 4 is 12.0 Å². The van der Waals surface area contributed by atoms with Gasteiger partial charge in [0.05, 0.1) is 0 Å². The Hall–Kier alpha value is -2.48. The van der Waals surface area contributed by atoms with Crippen molar-refractivity contribution in [2.24, 2.45) is 0 Å². The van der Waals surface area contributed by atoms with Crippen molar-refractivity contribution < 1.29 is 14.7 Å². The molecular formula is C16H20N2O3. The quantitative estimate of drug-likeness (QED) is 0.528. The van der Waals surface area contributed by atoms with E-state index in [0.29, 0.717) is 25.8 Å². The van der Waals surface area contributed by atoms with Crippen LogP contribution < -0.4 is 10.6 Å². The molecule has 1 unspecified atom stereocenters. The number of urea groups is 1. The lowest BCUT2D eigenvalue weighted by Gasteiger charge is -2.15. The number of carbonyl (C=O) groups excluding carboxylic acids is 1. The van der Waals surface area contributed by atoms with E-state index in [1.165, 1.54) is 0 Å². The summed E-state index contributed by atoms with van der Waals surface area (Å²) in [4.78, 5) is 22.8. The number of carbonyl (C=O) groups is 2. The number of benzene rings is 1. The summed E-state index contributed by atoms with van der Waals surface area (Å²) in [5, 5.41) is 14.2. The van der Waals surface area contributed by atoms with Crippen molar-refractivity contribution in [3.05, 3.63) is 35.9 Å². The molecule has 0 aliphatic carbocycles. The van der Waals surface area contributed by atoms with Crippen LogP contribution in [0.15, 0.2) is 30.3 Å². The second-order valence-corrected chi connectivity index (χ2v) is 4.49. The molecule has 0 aliphatic rings. The lowest BCUT2D eigenvalue weighted by Crippen LogP contribution is -2.46. The van der Waals surface area contributed by atoms with E-state index >= 15 is 0 Å². The molecule has 112 valence electrons. The SMILES string of the molecule is CC#CCCNC(=O)NC(CCc1ccccc1)C(=O)O. The molecule has 0 aromatic heterocycles. The third kappa shape index (κ3) is 7.02. The van der Waals surface area contributed by atoms with E-state index in [1.54, 1.807) is 6.92 Å². The van der Waals surface area contributed by atoms with Crippen LogP contribution >= 0.6 is 0 Å². The maximum atomic E-state index is 11.6. The second kappa shape index (κ2) is 9.43. The Bertz CT molecular complexity index is 517. The van der Waals surface area contributed by atoms with Crippen molar-refractivity contribution in [1.82, 2.24) is 10.6 Å². The molecule has 0 radical (unpaired) electrons. The summed E-state index contributed by atoms with van der Waals surface area (Å²) in [5.41, 5.74) is 1.05. The number of hydrogen-bond donors (Lipinski definition) is 3. The van der Waals surface area contributed by atoms with Crippen LogP contribution in [0, 0.1) is 11.8 Å². The number of rotatable bonds is 7. The summed E-state index contributed by atoms with van der Waals surface area (Å²) in [7, 11) is 0. The Kier molecular flexibility index (Phi) is 7.44.